The number of aliphatic hydroxyl groups is 1. The fraction of sp³-hybridized carbons (Fsp3) is 0.286. The van der Waals surface area contributed by atoms with Gasteiger partial charge in [-0.25, -0.2) is 4.98 Å². The van der Waals surface area contributed by atoms with Crippen LogP contribution in [-0.2, 0) is 24.9 Å². The second kappa shape index (κ2) is 12.5. The molecule has 41 heavy (non-hydrogen) atoms. The third kappa shape index (κ3) is 7.58. The molecule has 3 heterocycles. The summed E-state index contributed by atoms with van der Waals surface area (Å²) < 4.78 is 28.8. The molecule has 0 bridgehead atoms. The van der Waals surface area contributed by atoms with Gasteiger partial charge in [0.15, 0.2) is 5.78 Å². The number of carbonyl (C=O) groups is 1. The molecule has 6 heteroatoms. The zero-order valence-corrected chi connectivity index (χ0v) is 26.8. The Kier molecular flexibility index (Phi) is 8.41. The first-order valence-corrected chi connectivity index (χ1v) is 13.2. The van der Waals surface area contributed by atoms with E-state index in [4.69, 9.17) is 8.53 Å². The molecule has 215 valence electrons. The van der Waals surface area contributed by atoms with E-state index in [1.54, 1.807) is 12.3 Å². The maximum Gasteiger partial charge on any atom is 0.216 e. The predicted molar refractivity (Wildman–Crippen MR) is 163 cm³/mol. The third-order valence-corrected chi connectivity index (χ3v) is 6.47. The van der Waals surface area contributed by atoms with Gasteiger partial charge in [0.25, 0.3) is 0 Å². The van der Waals surface area contributed by atoms with Crippen LogP contribution in [0.3, 0.4) is 0 Å². The smallest absolute Gasteiger partial charge is 0.216 e. The van der Waals surface area contributed by atoms with Crippen molar-refractivity contribution in [1.82, 2.24) is 9.97 Å². The van der Waals surface area contributed by atoms with Gasteiger partial charge in [-0.15, -0.1) is 18.2 Å². The number of pyridine rings is 2. The molecular weight excluding hydrogens is 689 g/mol. The van der Waals surface area contributed by atoms with E-state index >= 15 is 0 Å². The van der Waals surface area contributed by atoms with Gasteiger partial charge in [-0.05, 0) is 48.8 Å². The molecule has 0 aliphatic rings. The molecule has 3 aromatic heterocycles. The van der Waals surface area contributed by atoms with E-state index in [0.717, 1.165) is 33.2 Å². The predicted octanol–water partition coefficient (Wildman–Crippen LogP) is 9.21. The van der Waals surface area contributed by atoms with Crippen molar-refractivity contribution in [3.63, 3.8) is 0 Å². The fourth-order valence-corrected chi connectivity index (χ4v) is 3.86. The first-order chi connectivity index (χ1) is 19.9. The Balaban J connectivity index is 0.000000324. The van der Waals surface area contributed by atoms with Gasteiger partial charge in [0.1, 0.15) is 5.76 Å². The van der Waals surface area contributed by atoms with Crippen LogP contribution in [-0.4, -0.2) is 20.9 Å². The maximum atomic E-state index is 11.5. The van der Waals surface area contributed by atoms with Crippen molar-refractivity contribution in [2.45, 2.75) is 55.3 Å². The Hall–Kier alpha value is -3.60. The van der Waals surface area contributed by atoms with Crippen LogP contribution in [0.25, 0.3) is 44.5 Å². The van der Waals surface area contributed by atoms with E-state index in [1.165, 1.54) is 17.7 Å². The average Bonchev–Trinajstić information content (AvgIpc) is 3.30. The molecule has 5 nitrogen and oxygen atoms in total. The van der Waals surface area contributed by atoms with Crippen molar-refractivity contribution in [2.24, 2.45) is 10.8 Å². The summed E-state index contributed by atoms with van der Waals surface area (Å²) in [7, 11) is 0. The number of fused-ring (bicyclic) bond motifs is 3. The van der Waals surface area contributed by atoms with E-state index < -0.39 is 12.3 Å². The van der Waals surface area contributed by atoms with Gasteiger partial charge >= 0.3 is 0 Å². The minimum Gasteiger partial charge on any atom is -0.512 e. The number of ketones is 1. The van der Waals surface area contributed by atoms with Crippen molar-refractivity contribution in [2.75, 3.05) is 0 Å². The van der Waals surface area contributed by atoms with Gasteiger partial charge in [-0.3, -0.25) is 4.79 Å². The molecule has 0 aliphatic heterocycles. The molecule has 0 saturated carbocycles. The number of rotatable bonds is 3. The summed E-state index contributed by atoms with van der Waals surface area (Å²) in [5, 5.41) is 11.2. The zero-order valence-electron chi connectivity index (χ0n) is 27.4. The van der Waals surface area contributed by atoms with E-state index in [-0.39, 0.29) is 42.8 Å². The van der Waals surface area contributed by atoms with Crippen molar-refractivity contribution in [3.8, 4) is 22.4 Å². The Morgan fingerprint density at radius 3 is 2.29 bits per heavy atom. The van der Waals surface area contributed by atoms with E-state index in [2.05, 4.69) is 47.2 Å². The van der Waals surface area contributed by atoms with Crippen molar-refractivity contribution in [1.29, 1.82) is 0 Å². The summed E-state index contributed by atoms with van der Waals surface area (Å²) in [5.41, 5.74) is 4.94. The van der Waals surface area contributed by atoms with Gasteiger partial charge in [0.2, 0.25) is 5.71 Å². The monoisotopic (exact) mass is 729 g/mol. The number of hydrogen-bond donors (Lipinski definition) is 1. The van der Waals surface area contributed by atoms with Crippen molar-refractivity contribution < 1.29 is 38.5 Å². The van der Waals surface area contributed by atoms with Crippen LogP contribution in [0, 0.1) is 30.7 Å². The number of hydrogen-bond acceptors (Lipinski definition) is 5. The molecule has 0 fully saturated rings. The second-order valence-electron chi connectivity index (χ2n) is 11.9. The molecule has 0 aliphatic carbocycles. The number of benzene rings is 2. The Labute approximate surface area is 260 Å². The molecule has 5 aromatic rings. The largest absolute Gasteiger partial charge is 0.512 e. The summed E-state index contributed by atoms with van der Waals surface area (Å²) in [6.45, 7) is 10.9. The molecule has 0 atom stereocenters. The molecule has 1 N–H and O–H groups in total. The number of allylic oxidation sites excluding steroid dienone is 2. The Bertz CT molecular complexity index is 1810. The molecular formula is C35H37IrN2O3-. The van der Waals surface area contributed by atoms with Crippen molar-refractivity contribution >= 4 is 27.9 Å². The number of aromatic nitrogens is 2. The molecule has 2 aromatic carbocycles. The number of furan rings is 1. The second-order valence-corrected chi connectivity index (χ2v) is 11.9. The standard InChI is InChI=1S/C24H17N2O.C11H20O2.Ir/c1-15-6-9-17(10-7-15)18-12-13-25-22(14-18)21-5-3-4-19-20-11-8-16(2)26-24(20)27-23(19)21;1-10(2,3)8(12)7-9(13)11(4,5)6;/h3-4,6-14H,1-2H3;7,12H,1-6H3;/q-1;;/b;8-7-;/i2D3;;. The number of nitrogens with zero attached hydrogens (tertiary/aromatic N) is 2. The molecule has 5 rings (SSSR count). The van der Waals surface area contributed by atoms with Crippen LogP contribution >= 0.6 is 0 Å². The summed E-state index contributed by atoms with van der Waals surface area (Å²) in [5.74, 6) is 0.104. The van der Waals surface area contributed by atoms with Crippen LogP contribution in [0.15, 0.2) is 83.1 Å². The van der Waals surface area contributed by atoms with Gasteiger partial charge in [-0.1, -0.05) is 88.4 Å². The van der Waals surface area contributed by atoms with Gasteiger partial charge < -0.3 is 14.5 Å². The van der Waals surface area contributed by atoms with E-state index in [1.807, 2.05) is 65.8 Å². The minimum atomic E-state index is -2.29. The normalized spacial score (nSPS) is 13.4. The molecule has 0 spiro atoms. The van der Waals surface area contributed by atoms with Gasteiger partial charge in [-0.2, -0.15) is 0 Å². The minimum absolute atomic E-state index is 0. The Morgan fingerprint density at radius 2 is 1.66 bits per heavy atom. The summed E-state index contributed by atoms with van der Waals surface area (Å²) in [4.78, 5) is 20.2. The Morgan fingerprint density at radius 1 is 0.951 bits per heavy atom. The van der Waals surface area contributed by atoms with Crippen molar-refractivity contribution in [3.05, 3.63) is 96.0 Å². The summed E-state index contributed by atoms with van der Waals surface area (Å²) in [6, 6.07) is 22.5. The summed E-state index contributed by atoms with van der Waals surface area (Å²) in [6.07, 6.45) is 3.10. The first-order valence-electron chi connectivity index (χ1n) is 14.7. The maximum absolute atomic E-state index is 11.5. The number of carbonyl (C=O) groups excluding carboxylic acids is 1. The fourth-order valence-electron chi connectivity index (χ4n) is 3.86. The molecule has 0 amide bonds. The van der Waals surface area contributed by atoms with Crippen LogP contribution in [0.4, 0.5) is 0 Å². The van der Waals surface area contributed by atoms with Gasteiger partial charge in [0.05, 0.1) is 5.58 Å². The van der Waals surface area contributed by atoms with Crippen LogP contribution in [0.1, 0.15) is 56.9 Å². The average molecular weight is 729 g/mol. The van der Waals surface area contributed by atoms with Crippen LogP contribution in [0.2, 0.25) is 0 Å². The van der Waals surface area contributed by atoms with E-state index in [0.29, 0.717) is 11.3 Å². The topological polar surface area (TPSA) is 76.2 Å². The van der Waals surface area contributed by atoms with E-state index in [9.17, 15) is 9.90 Å². The third-order valence-electron chi connectivity index (χ3n) is 6.47. The van der Waals surface area contributed by atoms with Crippen LogP contribution < -0.4 is 0 Å². The number of aliphatic hydroxyl groups excluding tert-OH is 1. The summed E-state index contributed by atoms with van der Waals surface area (Å²) >= 11 is 0. The molecule has 1 radical (unpaired) electrons. The number of aryl methyl sites for hydroxylation is 2. The zero-order chi connectivity index (χ0) is 31.7. The molecule has 0 saturated heterocycles. The SMILES string of the molecule is CC(C)(C)C(=O)/C=C(\O)C(C)(C)C.[2H]C([2H])([2H])c1ccc2c(n1)oc1c(-c3cc(-c4ccc(C)cc4)ccn3)[c-]ccc12.[Ir]. The van der Waals surface area contributed by atoms with Gasteiger partial charge in [0, 0.05) is 58.4 Å². The first kappa shape index (κ1) is 27.6. The molecule has 0 unspecified atom stereocenters. The van der Waals surface area contributed by atoms with Crippen LogP contribution in [0.5, 0.6) is 0 Å². The quantitative estimate of drug-likeness (QED) is 0.114.